The van der Waals surface area contributed by atoms with Gasteiger partial charge >= 0.3 is 5.82 Å². The standard InChI is InChI=1S/C8H8N6/c1-12-7-8(11-4-3-10-7)13-5-2-6(9)14(12)13/h2-5,9H,1H3/p+1. The molecule has 0 unspecified atom stereocenters. The molecule has 3 aromatic rings. The molecule has 0 aliphatic rings. The fourth-order valence-electron chi connectivity index (χ4n) is 1.68. The van der Waals surface area contributed by atoms with Crippen molar-refractivity contribution in [3.63, 3.8) is 0 Å². The Kier molecular flexibility index (Phi) is 1.16. The van der Waals surface area contributed by atoms with E-state index in [1.54, 1.807) is 12.4 Å². The molecule has 0 aliphatic carbocycles. The van der Waals surface area contributed by atoms with Gasteiger partial charge in [0.15, 0.2) is 0 Å². The van der Waals surface area contributed by atoms with Gasteiger partial charge < -0.3 is 0 Å². The molecule has 0 fully saturated rings. The van der Waals surface area contributed by atoms with Gasteiger partial charge in [-0.1, -0.05) is 0 Å². The molecule has 3 rings (SSSR count). The van der Waals surface area contributed by atoms with Gasteiger partial charge in [-0.15, -0.1) is 4.52 Å². The van der Waals surface area contributed by atoms with E-state index >= 15 is 0 Å². The Morgan fingerprint density at radius 3 is 2.79 bits per heavy atom. The highest BCUT2D eigenvalue weighted by molar-refractivity contribution is 5.63. The number of fused-ring (bicyclic) bond motifs is 3. The van der Waals surface area contributed by atoms with Crippen LogP contribution in [0.25, 0.3) is 11.3 Å². The van der Waals surface area contributed by atoms with Gasteiger partial charge in [-0.3, -0.25) is 5.73 Å². The molecule has 6 nitrogen and oxygen atoms in total. The van der Waals surface area contributed by atoms with Crippen LogP contribution in [0.4, 0.5) is 5.82 Å². The maximum Gasteiger partial charge on any atom is 0.318 e. The lowest BCUT2D eigenvalue weighted by atomic mass is 10.6. The average molecular weight is 189 g/mol. The predicted octanol–water partition coefficient (Wildman–Crippen LogP) is -0.611. The summed E-state index contributed by atoms with van der Waals surface area (Å²) in [5.41, 5.74) is 7.41. The van der Waals surface area contributed by atoms with Gasteiger partial charge in [-0.05, 0) is 4.63 Å². The molecule has 3 aromatic heterocycles. The molecule has 0 saturated heterocycles. The minimum absolute atomic E-state index is 0.660. The van der Waals surface area contributed by atoms with Gasteiger partial charge in [0.25, 0.3) is 0 Å². The second-order valence-corrected chi connectivity index (χ2v) is 3.10. The molecule has 70 valence electrons. The fourth-order valence-corrected chi connectivity index (χ4v) is 1.68. The SMILES string of the molecule is Cn1c2nccnc2n2ccc(N)[n+]12. The summed E-state index contributed by atoms with van der Waals surface area (Å²) >= 11 is 0. The molecule has 3 heterocycles. The second-order valence-electron chi connectivity index (χ2n) is 3.10. The summed E-state index contributed by atoms with van der Waals surface area (Å²) in [4.78, 5) is 8.48. The molecule has 0 bridgehead atoms. The summed E-state index contributed by atoms with van der Waals surface area (Å²) in [6, 6.07) is 1.83. The van der Waals surface area contributed by atoms with Crippen molar-refractivity contribution in [3.8, 4) is 0 Å². The van der Waals surface area contributed by atoms with Crippen molar-refractivity contribution in [3.05, 3.63) is 24.7 Å². The number of nitrogens with zero attached hydrogens (tertiary/aromatic N) is 5. The van der Waals surface area contributed by atoms with Crippen LogP contribution in [-0.2, 0) is 7.05 Å². The molecular weight excluding hydrogens is 180 g/mol. The zero-order valence-electron chi connectivity index (χ0n) is 7.62. The van der Waals surface area contributed by atoms with E-state index in [4.69, 9.17) is 5.73 Å². The van der Waals surface area contributed by atoms with Crippen LogP contribution in [-0.4, -0.2) is 19.2 Å². The highest BCUT2D eigenvalue weighted by Gasteiger charge is 2.16. The molecule has 0 radical (unpaired) electrons. The third-order valence-corrected chi connectivity index (χ3v) is 2.29. The highest BCUT2D eigenvalue weighted by atomic mass is 15.6. The Morgan fingerprint density at radius 2 is 2.00 bits per heavy atom. The molecule has 0 aliphatic heterocycles. The van der Waals surface area contributed by atoms with Crippen LogP contribution >= 0.6 is 0 Å². The van der Waals surface area contributed by atoms with E-state index in [1.165, 1.54) is 0 Å². The lowest BCUT2D eigenvalue weighted by molar-refractivity contribution is -0.681. The predicted molar refractivity (Wildman–Crippen MR) is 49.5 cm³/mol. The summed E-state index contributed by atoms with van der Waals surface area (Å²) in [5, 5.41) is 0. The Morgan fingerprint density at radius 1 is 1.29 bits per heavy atom. The number of hydrogen-bond donors (Lipinski definition) is 1. The lowest BCUT2D eigenvalue weighted by Gasteiger charge is -1.88. The van der Waals surface area contributed by atoms with E-state index in [9.17, 15) is 0 Å². The van der Waals surface area contributed by atoms with E-state index in [2.05, 4.69) is 9.97 Å². The summed E-state index contributed by atoms with van der Waals surface area (Å²) in [6.45, 7) is 0. The number of nitrogens with two attached hydrogens (primary N) is 1. The maximum atomic E-state index is 5.81. The Balaban J connectivity index is 2.69. The quantitative estimate of drug-likeness (QED) is 0.480. The van der Waals surface area contributed by atoms with Crippen LogP contribution in [0.5, 0.6) is 0 Å². The van der Waals surface area contributed by atoms with Gasteiger partial charge in [0.1, 0.15) is 0 Å². The van der Waals surface area contributed by atoms with Crippen LogP contribution < -0.4 is 10.4 Å². The smallest absolute Gasteiger partial charge is 0.284 e. The Bertz CT molecular complexity index is 619. The van der Waals surface area contributed by atoms with Crippen molar-refractivity contribution >= 4 is 17.1 Å². The fraction of sp³-hybridized carbons (Fsp3) is 0.125. The van der Waals surface area contributed by atoms with Crippen LogP contribution in [0.15, 0.2) is 24.7 Å². The molecule has 0 amide bonds. The number of nitrogen functional groups attached to an aromatic ring is 1. The number of anilines is 1. The number of hydrogen-bond acceptors (Lipinski definition) is 3. The molecule has 2 N–H and O–H groups in total. The van der Waals surface area contributed by atoms with Crippen molar-refractivity contribution in [1.29, 1.82) is 0 Å². The minimum Gasteiger partial charge on any atom is -0.284 e. The maximum absolute atomic E-state index is 5.81. The van der Waals surface area contributed by atoms with E-state index in [0.717, 1.165) is 11.3 Å². The topological polar surface area (TPSA) is 65.2 Å². The van der Waals surface area contributed by atoms with Crippen molar-refractivity contribution in [2.45, 2.75) is 0 Å². The minimum atomic E-state index is 0.660. The first-order valence-corrected chi connectivity index (χ1v) is 4.23. The van der Waals surface area contributed by atoms with E-state index in [1.807, 2.05) is 33.1 Å². The van der Waals surface area contributed by atoms with Crippen LogP contribution in [0, 0.1) is 0 Å². The second kappa shape index (κ2) is 2.22. The highest BCUT2D eigenvalue weighted by Crippen LogP contribution is 2.06. The third-order valence-electron chi connectivity index (χ3n) is 2.29. The zero-order valence-corrected chi connectivity index (χ0v) is 7.62. The van der Waals surface area contributed by atoms with Gasteiger partial charge in [0, 0.05) is 12.4 Å². The normalized spacial score (nSPS) is 11.5. The summed E-state index contributed by atoms with van der Waals surface area (Å²) in [5.74, 6) is 0.660. The van der Waals surface area contributed by atoms with Gasteiger partial charge in [-0.2, -0.15) is 4.68 Å². The van der Waals surface area contributed by atoms with Gasteiger partial charge in [0.2, 0.25) is 11.3 Å². The Labute approximate surface area is 79.2 Å². The van der Waals surface area contributed by atoms with Crippen molar-refractivity contribution in [2.24, 2.45) is 7.05 Å². The summed E-state index contributed by atoms with van der Waals surface area (Å²) in [6.07, 6.45) is 5.20. The first-order chi connectivity index (χ1) is 6.79. The molecule has 0 atom stereocenters. The summed E-state index contributed by atoms with van der Waals surface area (Å²) in [7, 11) is 1.90. The lowest BCUT2D eigenvalue weighted by Crippen LogP contribution is -2.37. The van der Waals surface area contributed by atoms with Crippen LogP contribution in [0.1, 0.15) is 0 Å². The first kappa shape index (κ1) is 7.31. The molecule has 0 spiro atoms. The molecular formula is C8H9N6+. The Hall–Kier alpha value is -2.11. The van der Waals surface area contributed by atoms with Crippen molar-refractivity contribution < 1.29 is 4.63 Å². The molecule has 0 aromatic carbocycles. The number of rotatable bonds is 0. The van der Waals surface area contributed by atoms with Crippen LogP contribution in [0.2, 0.25) is 0 Å². The van der Waals surface area contributed by atoms with E-state index in [-0.39, 0.29) is 0 Å². The number of aryl methyl sites for hydroxylation is 1. The molecule has 14 heavy (non-hydrogen) atoms. The monoisotopic (exact) mass is 189 g/mol. The molecule has 6 heteroatoms. The molecule has 0 saturated carbocycles. The third kappa shape index (κ3) is 0.681. The largest absolute Gasteiger partial charge is 0.318 e. The first-order valence-electron chi connectivity index (χ1n) is 4.23. The van der Waals surface area contributed by atoms with Gasteiger partial charge in [-0.25, -0.2) is 9.97 Å². The van der Waals surface area contributed by atoms with E-state index < -0.39 is 0 Å². The van der Waals surface area contributed by atoms with E-state index in [0.29, 0.717) is 5.82 Å². The van der Waals surface area contributed by atoms with Crippen molar-refractivity contribution in [1.82, 2.24) is 19.2 Å². The zero-order chi connectivity index (χ0) is 9.71. The summed E-state index contributed by atoms with van der Waals surface area (Å²) < 4.78 is 5.53. The van der Waals surface area contributed by atoms with Crippen molar-refractivity contribution in [2.75, 3.05) is 5.73 Å². The van der Waals surface area contributed by atoms with Gasteiger partial charge in [0.05, 0.1) is 19.3 Å². The average Bonchev–Trinajstić information content (AvgIpc) is 2.70. The number of aromatic nitrogens is 5. The van der Waals surface area contributed by atoms with Crippen LogP contribution in [0.3, 0.4) is 0 Å².